The Morgan fingerprint density at radius 2 is 1.43 bits per heavy atom. The minimum absolute atomic E-state index is 0.111. The SMILES string of the molecule is NC(=O)Cc1ccc(NC(=O)Cc2ccc(Cl)cc2)cc1. The zero-order valence-electron chi connectivity index (χ0n) is 11.3. The van der Waals surface area contributed by atoms with Crippen LogP contribution in [0.15, 0.2) is 48.5 Å². The van der Waals surface area contributed by atoms with E-state index in [1.54, 1.807) is 36.4 Å². The summed E-state index contributed by atoms with van der Waals surface area (Å²) in [5.41, 5.74) is 7.51. The van der Waals surface area contributed by atoms with E-state index < -0.39 is 0 Å². The lowest BCUT2D eigenvalue weighted by atomic mass is 10.1. The number of carbonyl (C=O) groups excluding carboxylic acids is 2. The maximum absolute atomic E-state index is 11.9. The molecule has 0 aromatic heterocycles. The number of amides is 2. The van der Waals surface area contributed by atoms with Crippen LogP contribution in [-0.2, 0) is 22.4 Å². The van der Waals surface area contributed by atoms with Crippen molar-refractivity contribution in [3.05, 3.63) is 64.7 Å². The van der Waals surface area contributed by atoms with E-state index in [4.69, 9.17) is 17.3 Å². The lowest BCUT2D eigenvalue weighted by Crippen LogP contribution is -2.15. The minimum atomic E-state index is -0.380. The van der Waals surface area contributed by atoms with E-state index in [1.807, 2.05) is 12.1 Å². The number of benzene rings is 2. The van der Waals surface area contributed by atoms with Crippen molar-refractivity contribution in [1.82, 2.24) is 0 Å². The quantitative estimate of drug-likeness (QED) is 0.891. The van der Waals surface area contributed by atoms with Gasteiger partial charge in [0.25, 0.3) is 0 Å². The molecule has 108 valence electrons. The Morgan fingerprint density at radius 1 is 0.905 bits per heavy atom. The standard InChI is InChI=1S/C16H15ClN2O2/c17-13-5-1-12(2-6-13)10-16(21)19-14-7-3-11(4-8-14)9-15(18)20/h1-8H,9-10H2,(H2,18,20)(H,19,21). The molecule has 0 atom stereocenters. The molecule has 0 saturated heterocycles. The average molecular weight is 303 g/mol. The lowest BCUT2D eigenvalue weighted by molar-refractivity contribution is -0.117. The number of nitrogens with one attached hydrogen (secondary N) is 1. The Balaban J connectivity index is 1.93. The van der Waals surface area contributed by atoms with Crippen LogP contribution < -0.4 is 11.1 Å². The summed E-state index contributed by atoms with van der Waals surface area (Å²) in [6, 6.07) is 14.2. The fourth-order valence-corrected chi connectivity index (χ4v) is 2.03. The largest absolute Gasteiger partial charge is 0.369 e. The van der Waals surface area contributed by atoms with E-state index in [2.05, 4.69) is 5.32 Å². The van der Waals surface area contributed by atoms with Crippen molar-refractivity contribution < 1.29 is 9.59 Å². The first-order valence-corrected chi connectivity index (χ1v) is 6.82. The third-order valence-electron chi connectivity index (χ3n) is 2.89. The van der Waals surface area contributed by atoms with Gasteiger partial charge in [0.2, 0.25) is 11.8 Å². The molecule has 0 aliphatic rings. The monoisotopic (exact) mass is 302 g/mol. The van der Waals surface area contributed by atoms with Gasteiger partial charge in [-0.3, -0.25) is 9.59 Å². The van der Waals surface area contributed by atoms with Crippen LogP contribution in [0, 0.1) is 0 Å². The van der Waals surface area contributed by atoms with Gasteiger partial charge >= 0.3 is 0 Å². The van der Waals surface area contributed by atoms with Crippen molar-refractivity contribution in [3.63, 3.8) is 0 Å². The van der Waals surface area contributed by atoms with Crippen LogP contribution in [0.2, 0.25) is 5.02 Å². The van der Waals surface area contributed by atoms with Gasteiger partial charge in [0, 0.05) is 10.7 Å². The highest BCUT2D eigenvalue weighted by Crippen LogP contribution is 2.13. The van der Waals surface area contributed by atoms with Gasteiger partial charge in [0.1, 0.15) is 0 Å². The Labute approximate surface area is 127 Å². The van der Waals surface area contributed by atoms with Gasteiger partial charge in [0.05, 0.1) is 12.8 Å². The molecular weight excluding hydrogens is 288 g/mol. The third-order valence-corrected chi connectivity index (χ3v) is 3.15. The summed E-state index contributed by atoms with van der Waals surface area (Å²) in [6.07, 6.45) is 0.471. The van der Waals surface area contributed by atoms with Crippen molar-refractivity contribution in [2.75, 3.05) is 5.32 Å². The maximum atomic E-state index is 11.9. The molecule has 0 spiro atoms. The zero-order chi connectivity index (χ0) is 15.2. The highest BCUT2D eigenvalue weighted by atomic mass is 35.5. The fourth-order valence-electron chi connectivity index (χ4n) is 1.90. The fraction of sp³-hybridized carbons (Fsp3) is 0.125. The second kappa shape index (κ2) is 6.90. The van der Waals surface area contributed by atoms with E-state index in [0.717, 1.165) is 11.1 Å². The molecule has 21 heavy (non-hydrogen) atoms. The molecule has 2 amide bonds. The molecular formula is C16H15ClN2O2. The predicted molar refractivity (Wildman–Crippen MR) is 83.1 cm³/mol. The van der Waals surface area contributed by atoms with E-state index in [-0.39, 0.29) is 24.7 Å². The van der Waals surface area contributed by atoms with E-state index in [1.165, 1.54) is 0 Å². The Morgan fingerprint density at radius 3 is 2.00 bits per heavy atom. The van der Waals surface area contributed by atoms with Gasteiger partial charge < -0.3 is 11.1 Å². The number of hydrogen-bond acceptors (Lipinski definition) is 2. The molecule has 2 aromatic rings. The number of hydrogen-bond donors (Lipinski definition) is 2. The number of rotatable bonds is 5. The molecule has 5 heteroatoms. The summed E-state index contributed by atoms with van der Waals surface area (Å²) < 4.78 is 0. The number of carbonyl (C=O) groups is 2. The second-order valence-electron chi connectivity index (χ2n) is 4.69. The third kappa shape index (κ3) is 4.93. The zero-order valence-corrected chi connectivity index (χ0v) is 12.1. The number of anilines is 1. The van der Waals surface area contributed by atoms with E-state index >= 15 is 0 Å². The van der Waals surface area contributed by atoms with Gasteiger partial charge in [-0.25, -0.2) is 0 Å². The Bertz CT molecular complexity index is 636. The second-order valence-corrected chi connectivity index (χ2v) is 5.13. The molecule has 0 unspecified atom stereocenters. The summed E-state index contributed by atoms with van der Waals surface area (Å²) in [7, 11) is 0. The first-order valence-electron chi connectivity index (χ1n) is 6.44. The molecule has 0 aliphatic heterocycles. The predicted octanol–water partition coefficient (Wildman–Crippen LogP) is 2.55. The van der Waals surface area contributed by atoms with Crippen molar-refractivity contribution >= 4 is 29.1 Å². The summed E-state index contributed by atoms with van der Waals surface area (Å²) in [5, 5.41) is 3.44. The number of halogens is 1. The van der Waals surface area contributed by atoms with Crippen LogP contribution in [0.3, 0.4) is 0 Å². The first-order chi connectivity index (χ1) is 10.0. The van der Waals surface area contributed by atoms with E-state index in [9.17, 15) is 9.59 Å². The van der Waals surface area contributed by atoms with Gasteiger partial charge in [-0.15, -0.1) is 0 Å². The molecule has 2 rings (SSSR count). The average Bonchev–Trinajstić information content (AvgIpc) is 2.43. The van der Waals surface area contributed by atoms with Crippen molar-refractivity contribution in [3.8, 4) is 0 Å². The van der Waals surface area contributed by atoms with Crippen LogP contribution in [-0.4, -0.2) is 11.8 Å². The van der Waals surface area contributed by atoms with Crippen LogP contribution in [0.5, 0.6) is 0 Å². The highest BCUT2D eigenvalue weighted by molar-refractivity contribution is 6.30. The van der Waals surface area contributed by atoms with Gasteiger partial charge in [-0.2, -0.15) is 0 Å². The van der Waals surface area contributed by atoms with Crippen molar-refractivity contribution in [2.24, 2.45) is 5.73 Å². The number of primary amides is 1. The smallest absolute Gasteiger partial charge is 0.228 e. The van der Waals surface area contributed by atoms with Gasteiger partial charge in [-0.1, -0.05) is 35.9 Å². The molecule has 0 fully saturated rings. The molecule has 4 nitrogen and oxygen atoms in total. The van der Waals surface area contributed by atoms with Gasteiger partial charge in [-0.05, 0) is 35.4 Å². The van der Waals surface area contributed by atoms with Crippen LogP contribution in [0.4, 0.5) is 5.69 Å². The highest BCUT2D eigenvalue weighted by Gasteiger charge is 2.05. The van der Waals surface area contributed by atoms with Crippen molar-refractivity contribution in [2.45, 2.75) is 12.8 Å². The Kier molecular flexibility index (Phi) is 4.95. The molecule has 0 saturated carbocycles. The first kappa shape index (κ1) is 15.1. The summed E-state index contributed by atoms with van der Waals surface area (Å²) >= 11 is 5.80. The van der Waals surface area contributed by atoms with Crippen LogP contribution in [0.25, 0.3) is 0 Å². The summed E-state index contributed by atoms with van der Waals surface area (Å²) in [6.45, 7) is 0. The van der Waals surface area contributed by atoms with Crippen LogP contribution >= 0.6 is 11.6 Å². The molecule has 0 bridgehead atoms. The van der Waals surface area contributed by atoms with Crippen molar-refractivity contribution in [1.29, 1.82) is 0 Å². The summed E-state index contributed by atoms with van der Waals surface area (Å²) in [5.74, 6) is -0.491. The molecule has 2 aromatic carbocycles. The van der Waals surface area contributed by atoms with Gasteiger partial charge in [0.15, 0.2) is 0 Å². The molecule has 0 aliphatic carbocycles. The molecule has 0 heterocycles. The normalized spacial score (nSPS) is 10.1. The summed E-state index contributed by atoms with van der Waals surface area (Å²) in [4.78, 5) is 22.7. The number of nitrogens with two attached hydrogens (primary N) is 1. The van der Waals surface area contributed by atoms with Crippen LogP contribution in [0.1, 0.15) is 11.1 Å². The van der Waals surface area contributed by atoms with E-state index in [0.29, 0.717) is 10.7 Å². The lowest BCUT2D eigenvalue weighted by Gasteiger charge is -2.06. The maximum Gasteiger partial charge on any atom is 0.228 e. The molecule has 0 radical (unpaired) electrons. The molecule has 3 N–H and O–H groups in total. The Hall–Kier alpha value is -2.33. The topological polar surface area (TPSA) is 72.2 Å². The minimum Gasteiger partial charge on any atom is -0.369 e.